The highest BCUT2D eigenvalue weighted by Crippen LogP contribution is 2.37. The first-order chi connectivity index (χ1) is 11.2. The van der Waals surface area contributed by atoms with Gasteiger partial charge in [-0.05, 0) is 64.2 Å². The van der Waals surface area contributed by atoms with Crippen LogP contribution >= 0.6 is 39.9 Å². The summed E-state index contributed by atoms with van der Waals surface area (Å²) in [7, 11) is 1.66. The molecule has 3 rings (SSSR count). The quantitative estimate of drug-likeness (QED) is 0.638. The van der Waals surface area contributed by atoms with E-state index in [4.69, 9.17) is 21.1 Å². The monoisotopic (exact) mass is 431 g/mol. The normalized spacial score (nSPS) is 13.3. The molecule has 0 unspecified atom stereocenters. The minimum Gasteiger partial charge on any atom is -0.493 e. The predicted molar refractivity (Wildman–Crippen MR) is 104 cm³/mol. The highest BCUT2D eigenvalue weighted by Gasteiger charge is 2.20. The highest BCUT2D eigenvalue weighted by molar-refractivity contribution is 9.10. The lowest BCUT2D eigenvalue weighted by Gasteiger charge is -2.15. The first kappa shape index (κ1) is 19.4. The Morgan fingerprint density at radius 1 is 1.17 bits per heavy atom. The third-order valence-corrected chi connectivity index (χ3v) is 4.60. The Labute approximate surface area is 162 Å². The maximum atomic E-state index is 5.94. The van der Waals surface area contributed by atoms with Crippen molar-refractivity contribution >= 4 is 39.9 Å². The summed E-state index contributed by atoms with van der Waals surface area (Å²) in [5.41, 5.74) is 2.24. The lowest BCUT2D eigenvalue weighted by molar-refractivity contribution is 0.282. The number of nitrogens with one attached hydrogen (secondary N) is 1. The third-order valence-electron chi connectivity index (χ3n) is 3.76. The summed E-state index contributed by atoms with van der Waals surface area (Å²) < 4.78 is 12.3. The molecular formula is C18H20BrCl2NO2. The van der Waals surface area contributed by atoms with Gasteiger partial charge in [0.25, 0.3) is 0 Å². The van der Waals surface area contributed by atoms with E-state index in [1.54, 1.807) is 7.11 Å². The third kappa shape index (κ3) is 5.28. The van der Waals surface area contributed by atoms with Crippen molar-refractivity contribution in [2.45, 2.75) is 32.0 Å². The van der Waals surface area contributed by atoms with E-state index in [1.807, 2.05) is 30.3 Å². The van der Waals surface area contributed by atoms with Crippen LogP contribution in [-0.2, 0) is 13.2 Å². The standard InChI is InChI=1S/C18H19BrClNO2.ClH/c1-22-17-9-13(10-21-15-6-7-15)8-16(19)18(17)23-11-12-2-4-14(20)5-3-12;/h2-5,8-9,15,21H,6-7,10-11H2,1H3;1H. The van der Waals surface area contributed by atoms with Crippen molar-refractivity contribution in [1.82, 2.24) is 5.32 Å². The molecule has 0 radical (unpaired) electrons. The number of ether oxygens (including phenoxy) is 2. The topological polar surface area (TPSA) is 30.5 Å². The minimum atomic E-state index is 0. The van der Waals surface area contributed by atoms with Crippen molar-refractivity contribution in [3.8, 4) is 11.5 Å². The molecule has 3 nitrogen and oxygen atoms in total. The van der Waals surface area contributed by atoms with Gasteiger partial charge in [0, 0.05) is 17.6 Å². The molecule has 1 aliphatic rings. The zero-order valence-electron chi connectivity index (χ0n) is 13.4. The Morgan fingerprint density at radius 3 is 2.50 bits per heavy atom. The van der Waals surface area contributed by atoms with Crippen LogP contribution in [-0.4, -0.2) is 13.2 Å². The van der Waals surface area contributed by atoms with Gasteiger partial charge in [-0.25, -0.2) is 0 Å². The van der Waals surface area contributed by atoms with E-state index in [-0.39, 0.29) is 12.4 Å². The van der Waals surface area contributed by atoms with Crippen molar-refractivity contribution in [2.75, 3.05) is 7.11 Å². The van der Waals surface area contributed by atoms with E-state index >= 15 is 0 Å². The van der Waals surface area contributed by atoms with Crippen LogP contribution in [0, 0.1) is 0 Å². The van der Waals surface area contributed by atoms with Gasteiger partial charge in [0.1, 0.15) is 6.61 Å². The van der Waals surface area contributed by atoms with E-state index in [2.05, 4.69) is 27.3 Å². The van der Waals surface area contributed by atoms with E-state index in [9.17, 15) is 0 Å². The summed E-state index contributed by atoms with van der Waals surface area (Å²) in [6, 6.07) is 12.4. The second kappa shape index (κ2) is 8.95. The highest BCUT2D eigenvalue weighted by atomic mass is 79.9. The molecule has 0 aliphatic heterocycles. The van der Waals surface area contributed by atoms with Gasteiger partial charge in [0.2, 0.25) is 0 Å². The summed E-state index contributed by atoms with van der Waals surface area (Å²) in [5, 5.41) is 4.23. The van der Waals surface area contributed by atoms with Gasteiger partial charge in [0.15, 0.2) is 11.5 Å². The average Bonchev–Trinajstić information content (AvgIpc) is 3.37. The van der Waals surface area contributed by atoms with Gasteiger partial charge in [-0.2, -0.15) is 0 Å². The molecule has 1 saturated carbocycles. The second-order valence-corrected chi connectivity index (χ2v) is 6.97. The molecule has 0 aromatic heterocycles. The van der Waals surface area contributed by atoms with Crippen LogP contribution < -0.4 is 14.8 Å². The number of rotatable bonds is 7. The molecule has 0 heterocycles. The number of benzene rings is 2. The SMILES string of the molecule is COc1cc(CNC2CC2)cc(Br)c1OCc1ccc(Cl)cc1.Cl. The molecule has 1 aliphatic carbocycles. The van der Waals surface area contributed by atoms with E-state index < -0.39 is 0 Å². The van der Waals surface area contributed by atoms with E-state index in [0.717, 1.165) is 33.1 Å². The van der Waals surface area contributed by atoms with Crippen LogP contribution in [0.15, 0.2) is 40.9 Å². The number of methoxy groups -OCH3 is 1. The number of hydrogen-bond acceptors (Lipinski definition) is 3. The maximum Gasteiger partial charge on any atom is 0.175 e. The van der Waals surface area contributed by atoms with Crippen molar-refractivity contribution in [2.24, 2.45) is 0 Å². The van der Waals surface area contributed by atoms with Gasteiger partial charge in [0.05, 0.1) is 11.6 Å². The second-order valence-electron chi connectivity index (χ2n) is 5.68. The molecule has 0 amide bonds. The average molecular weight is 433 g/mol. The van der Waals surface area contributed by atoms with Crippen LogP contribution in [0.4, 0.5) is 0 Å². The Bertz CT molecular complexity index is 675. The summed E-state index contributed by atoms with van der Waals surface area (Å²) in [5.74, 6) is 1.46. The van der Waals surface area contributed by atoms with Crippen LogP contribution in [0.3, 0.4) is 0 Å². The lowest BCUT2D eigenvalue weighted by Crippen LogP contribution is -2.15. The van der Waals surface area contributed by atoms with Crippen LogP contribution in [0.2, 0.25) is 5.02 Å². The molecule has 130 valence electrons. The first-order valence-electron chi connectivity index (χ1n) is 7.63. The predicted octanol–water partition coefficient (Wildman–Crippen LogP) is 5.36. The summed E-state index contributed by atoms with van der Waals surface area (Å²) in [6.07, 6.45) is 2.56. The molecule has 6 heteroatoms. The molecule has 0 atom stereocenters. The Hall–Kier alpha value is -0.940. The van der Waals surface area contributed by atoms with Crippen LogP contribution in [0.25, 0.3) is 0 Å². The number of hydrogen-bond donors (Lipinski definition) is 1. The Balaban J connectivity index is 0.00000208. The van der Waals surface area contributed by atoms with Crippen molar-refractivity contribution in [3.05, 3.63) is 57.0 Å². The van der Waals surface area contributed by atoms with Gasteiger partial charge >= 0.3 is 0 Å². The van der Waals surface area contributed by atoms with Crippen molar-refractivity contribution in [3.63, 3.8) is 0 Å². The summed E-state index contributed by atoms with van der Waals surface area (Å²) in [6.45, 7) is 1.31. The molecular weight excluding hydrogens is 413 g/mol. The zero-order valence-corrected chi connectivity index (χ0v) is 16.5. The zero-order chi connectivity index (χ0) is 16.2. The van der Waals surface area contributed by atoms with Crippen molar-refractivity contribution < 1.29 is 9.47 Å². The maximum absolute atomic E-state index is 5.94. The van der Waals surface area contributed by atoms with Gasteiger partial charge in [-0.3, -0.25) is 0 Å². The molecule has 1 fully saturated rings. The fourth-order valence-corrected chi connectivity index (χ4v) is 3.03. The lowest BCUT2D eigenvalue weighted by atomic mass is 10.2. The fraction of sp³-hybridized carbons (Fsp3) is 0.333. The number of halogens is 3. The van der Waals surface area contributed by atoms with Gasteiger partial charge < -0.3 is 14.8 Å². The van der Waals surface area contributed by atoms with E-state index in [1.165, 1.54) is 18.4 Å². The first-order valence-corrected chi connectivity index (χ1v) is 8.80. The molecule has 0 bridgehead atoms. The Kier molecular flexibility index (Phi) is 7.23. The fourth-order valence-electron chi connectivity index (χ4n) is 2.30. The molecule has 0 spiro atoms. The summed E-state index contributed by atoms with van der Waals surface area (Å²) >= 11 is 9.49. The largest absolute Gasteiger partial charge is 0.493 e. The molecule has 24 heavy (non-hydrogen) atoms. The van der Waals surface area contributed by atoms with E-state index in [0.29, 0.717) is 12.6 Å². The minimum absolute atomic E-state index is 0. The van der Waals surface area contributed by atoms with Crippen LogP contribution in [0.5, 0.6) is 11.5 Å². The van der Waals surface area contributed by atoms with Gasteiger partial charge in [-0.1, -0.05) is 23.7 Å². The van der Waals surface area contributed by atoms with Crippen molar-refractivity contribution in [1.29, 1.82) is 0 Å². The molecule has 1 N–H and O–H groups in total. The van der Waals surface area contributed by atoms with Crippen LogP contribution in [0.1, 0.15) is 24.0 Å². The molecule has 2 aromatic carbocycles. The molecule has 0 saturated heterocycles. The smallest absolute Gasteiger partial charge is 0.175 e. The van der Waals surface area contributed by atoms with Gasteiger partial charge in [-0.15, -0.1) is 12.4 Å². The molecule has 2 aromatic rings. The Morgan fingerprint density at radius 2 is 1.88 bits per heavy atom. The summed E-state index contributed by atoms with van der Waals surface area (Å²) in [4.78, 5) is 0.